The monoisotopic (exact) mass is 268 g/mol. The zero-order valence-electron chi connectivity index (χ0n) is 10.9. The molecule has 1 aromatic rings. The van der Waals surface area contributed by atoms with Crippen molar-refractivity contribution in [2.24, 2.45) is 0 Å². The van der Waals surface area contributed by atoms with Crippen LogP contribution in [0.4, 0.5) is 0 Å². The van der Waals surface area contributed by atoms with Gasteiger partial charge in [-0.05, 0) is 57.5 Å². The Morgan fingerprint density at radius 3 is 2.56 bits per heavy atom. The minimum Gasteiger partial charge on any atom is -0.317 e. The van der Waals surface area contributed by atoms with Crippen molar-refractivity contribution in [2.75, 3.05) is 13.1 Å². The molecule has 0 atom stereocenters. The molecule has 18 heavy (non-hydrogen) atoms. The molecule has 0 aromatic heterocycles. The van der Waals surface area contributed by atoms with Gasteiger partial charge in [0.15, 0.2) is 0 Å². The van der Waals surface area contributed by atoms with Crippen molar-refractivity contribution in [3.05, 3.63) is 29.8 Å². The van der Waals surface area contributed by atoms with Gasteiger partial charge in [0.25, 0.3) is 0 Å². The Labute approximate surface area is 109 Å². The zero-order valence-corrected chi connectivity index (χ0v) is 11.7. The molecule has 2 rings (SSSR count). The summed E-state index contributed by atoms with van der Waals surface area (Å²) in [6.45, 7) is 5.58. The fraction of sp³-hybridized carbons (Fsp3) is 0.538. The molecule has 0 spiro atoms. The highest BCUT2D eigenvalue weighted by molar-refractivity contribution is 7.89. The van der Waals surface area contributed by atoms with E-state index >= 15 is 0 Å². The zero-order chi connectivity index (χ0) is 13.2. The van der Waals surface area contributed by atoms with E-state index in [0.29, 0.717) is 4.90 Å². The van der Waals surface area contributed by atoms with Crippen LogP contribution in [0.2, 0.25) is 0 Å². The fourth-order valence-electron chi connectivity index (χ4n) is 2.25. The van der Waals surface area contributed by atoms with Gasteiger partial charge in [0.05, 0.1) is 4.90 Å². The van der Waals surface area contributed by atoms with Crippen LogP contribution in [-0.4, -0.2) is 27.0 Å². The van der Waals surface area contributed by atoms with E-state index in [1.165, 1.54) is 0 Å². The topological polar surface area (TPSA) is 58.2 Å². The Balaban J connectivity index is 2.21. The average Bonchev–Trinajstić information content (AvgIpc) is 2.28. The number of piperidine rings is 1. The second-order valence-corrected chi connectivity index (χ2v) is 6.92. The molecule has 1 aliphatic heterocycles. The lowest BCUT2D eigenvalue weighted by Gasteiger charge is -2.34. The maximum Gasteiger partial charge on any atom is 0.241 e. The van der Waals surface area contributed by atoms with Crippen LogP contribution in [0, 0.1) is 6.92 Å². The Morgan fingerprint density at radius 1 is 1.28 bits per heavy atom. The van der Waals surface area contributed by atoms with E-state index < -0.39 is 10.0 Å². The molecule has 5 heteroatoms. The molecule has 100 valence electrons. The average molecular weight is 268 g/mol. The first kappa shape index (κ1) is 13.5. The predicted molar refractivity (Wildman–Crippen MR) is 72.0 cm³/mol. The Kier molecular flexibility index (Phi) is 3.75. The van der Waals surface area contributed by atoms with Gasteiger partial charge in [0.2, 0.25) is 10.0 Å². The molecule has 0 unspecified atom stereocenters. The summed E-state index contributed by atoms with van der Waals surface area (Å²) in [5.74, 6) is 0. The van der Waals surface area contributed by atoms with E-state index in [2.05, 4.69) is 10.0 Å². The number of aryl methyl sites for hydroxylation is 1. The second-order valence-electron chi connectivity index (χ2n) is 5.23. The van der Waals surface area contributed by atoms with E-state index in [1.807, 2.05) is 19.9 Å². The van der Waals surface area contributed by atoms with Crippen LogP contribution in [0.5, 0.6) is 0 Å². The summed E-state index contributed by atoms with van der Waals surface area (Å²) in [6, 6.07) is 7.01. The number of hydrogen-bond acceptors (Lipinski definition) is 3. The van der Waals surface area contributed by atoms with Crippen molar-refractivity contribution >= 4 is 10.0 Å². The van der Waals surface area contributed by atoms with E-state index in [9.17, 15) is 8.42 Å². The second kappa shape index (κ2) is 4.99. The summed E-state index contributed by atoms with van der Waals surface area (Å²) < 4.78 is 27.5. The minimum absolute atomic E-state index is 0.339. The third kappa shape index (κ3) is 3.10. The number of rotatable bonds is 3. The molecule has 4 nitrogen and oxygen atoms in total. The molecule has 0 radical (unpaired) electrons. The summed E-state index contributed by atoms with van der Waals surface area (Å²) in [4.78, 5) is 0.349. The number of nitrogens with one attached hydrogen (secondary N) is 2. The maximum atomic E-state index is 12.3. The summed E-state index contributed by atoms with van der Waals surface area (Å²) >= 11 is 0. The highest BCUT2D eigenvalue weighted by Gasteiger charge is 2.31. The number of hydrogen-bond donors (Lipinski definition) is 2. The quantitative estimate of drug-likeness (QED) is 0.871. The smallest absolute Gasteiger partial charge is 0.241 e. The fourth-order valence-corrected chi connectivity index (χ4v) is 3.82. The highest BCUT2D eigenvalue weighted by Crippen LogP contribution is 2.21. The van der Waals surface area contributed by atoms with Crippen molar-refractivity contribution in [1.29, 1.82) is 0 Å². The molecule has 2 N–H and O–H groups in total. The van der Waals surface area contributed by atoms with E-state index in [-0.39, 0.29) is 5.54 Å². The van der Waals surface area contributed by atoms with Crippen molar-refractivity contribution in [3.63, 3.8) is 0 Å². The molecular formula is C13H20N2O2S. The Bertz CT molecular complexity index is 520. The van der Waals surface area contributed by atoms with E-state index in [0.717, 1.165) is 31.5 Å². The molecule has 0 amide bonds. The van der Waals surface area contributed by atoms with Crippen LogP contribution in [0.3, 0.4) is 0 Å². The third-order valence-electron chi connectivity index (χ3n) is 3.39. The van der Waals surface area contributed by atoms with Crippen LogP contribution < -0.4 is 10.0 Å². The molecule has 1 aromatic carbocycles. The van der Waals surface area contributed by atoms with Gasteiger partial charge in [0, 0.05) is 5.54 Å². The van der Waals surface area contributed by atoms with Crippen molar-refractivity contribution < 1.29 is 8.42 Å². The van der Waals surface area contributed by atoms with Gasteiger partial charge in [-0.15, -0.1) is 0 Å². The molecular weight excluding hydrogens is 248 g/mol. The lowest BCUT2D eigenvalue weighted by atomic mass is 9.92. The molecule has 0 saturated carbocycles. The van der Waals surface area contributed by atoms with E-state index in [4.69, 9.17) is 0 Å². The maximum absolute atomic E-state index is 12.3. The summed E-state index contributed by atoms with van der Waals surface area (Å²) in [6.07, 6.45) is 1.64. The number of benzene rings is 1. The Hall–Kier alpha value is -0.910. The first-order valence-electron chi connectivity index (χ1n) is 6.23. The van der Waals surface area contributed by atoms with Crippen LogP contribution >= 0.6 is 0 Å². The van der Waals surface area contributed by atoms with Crippen molar-refractivity contribution in [3.8, 4) is 0 Å². The van der Waals surface area contributed by atoms with Crippen LogP contribution in [0.25, 0.3) is 0 Å². The number of sulfonamides is 1. The van der Waals surface area contributed by atoms with Crippen LogP contribution in [0.15, 0.2) is 29.2 Å². The third-order valence-corrected chi connectivity index (χ3v) is 5.02. The summed E-state index contributed by atoms with van der Waals surface area (Å²) in [5.41, 5.74) is 0.613. The van der Waals surface area contributed by atoms with Gasteiger partial charge < -0.3 is 5.32 Å². The first-order chi connectivity index (χ1) is 8.41. The van der Waals surface area contributed by atoms with Gasteiger partial charge in [-0.25, -0.2) is 13.1 Å². The first-order valence-corrected chi connectivity index (χ1v) is 7.71. The normalized spacial score (nSPS) is 19.7. The van der Waals surface area contributed by atoms with Gasteiger partial charge in [0.1, 0.15) is 0 Å². The molecule has 1 heterocycles. The largest absolute Gasteiger partial charge is 0.317 e. The molecule has 0 bridgehead atoms. The van der Waals surface area contributed by atoms with Crippen LogP contribution in [0.1, 0.15) is 25.3 Å². The molecule has 0 aliphatic carbocycles. The lowest BCUT2D eigenvalue weighted by molar-refractivity contribution is 0.308. The minimum atomic E-state index is -3.42. The molecule has 1 fully saturated rings. The predicted octanol–water partition coefficient (Wildman–Crippen LogP) is 1.42. The molecule has 1 saturated heterocycles. The van der Waals surface area contributed by atoms with Crippen molar-refractivity contribution in [1.82, 2.24) is 10.0 Å². The van der Waals surface area contributed by atoms with E-state index in [1.54, 1.807) is 18.2 Å². The summed E-state index contributed by atoms with van der Waals surface area (Å²) in [7, 11) is -3.42. The van der Waals surface area contributed by atoms with Gasteiger partial charge in [-0.3, -0.25) is 0 Å². The molecule has 1 aliphatic rings. The highest BCUT2D eigenvalue weighted by atomic mass is 32.2. The Morgan fingerprint density at radius 2 is 1.94 bits per heavy atom. The van der Waals surface area contributed by atoms with Gasteiger partial charge in [-0.1, -0.05) is 12.1 Å². The lowest BCUT2D eigenvalue weighted by Crippen LogP contribution is -2.52. The SMILES string of the molecule is Cc1cccc(S(=O)(=O)NC2(C)CCNCC2)c1. The van der Waals surface area contributed by atoms with Crippen LogP contribution in [-0.2, 0) is 10.0 Å². The van der Waals surface area contributed by atoms with Gasteiger partial charge >= 0.3 is 0 Å². The van der Waals surface area contributed by atoms with Crippen molar-refractivity contribution in [2.45, 2.75) is 37.1 Å². The standard InChI is InChI=1S/C13H20N2O2S/c1-11-4-3-5-12(10-11)18(16,17)15-13(2)6-8-14-9-7-13/h3-5,10,14-15H,6-9H2,1-2H3. The summed E-state index contributed by atoms with van der Waals surface area (Å²) in [5, 5.41) is 3.24. The van der Waals surface area contributed by atoms with Gasteiger partial charge in [-0.2, -0.15) is 0 Å².